The molecule has 0 rings (SSSR count). The number of likely N-dealkylation sites (N-methyl/N-ethyl adjacent to an activating group) is 1. The van der Waals surface area contributed by atoms with Gasteiger partial charge in [-0.2, -0.15) is 6.54 Å². The van der Waals surface area contributed by atoms with Crippen LogP contribution in [0.25, 0.3) is 5.32 Å². The van der Waals surface area contributed by atoms with Crippen LogP contribution in [-0.4, -0.2) is 18.4 Å². The van der Waals surface area contributed by atoms with Crippen molar-refractivity contribution in [1.82, 2.24) is 0 Å². The molecule has 0 aromatic heterocycles. The van der Waals surface area contributed by atoms with Crippen LogP contribution in [0.1, 0.15) is 27.2 Å². The summed E-state index contributed by atoms with van der Waals surface area (Å²) in [4.78, 5) is 10.7. The minimum absolute atomic E-state index is 0. The second-order valence-electron chi connectivity index (χ2n) is 2.03. The van der Waals surface area contributed by atoms with Crippen LogP contribution in [0.3, 0.4) is 0 Å². The quantitative estimate of drug-likeness (QED) is 0.481. The Hall–Kier alpha value is 1.27. The van der Waals surface area contributed by atoms with Crippen molar-refractivity contribution < 1.29 is 56.2 Å². The Morgan fingerprint density at radius 2 is 2.00 bits per heavy atom. The second kappa shape index (κ2) is 8.36. The smallest absolute Gasteiger partial charge is 0.654 e. The zero-order valence-corrected chi connectivity index (χ0v) is 10.5. The third kappa shape index (κ3) is 6.01. The van der Waals surface area contributed by atoms with E-state index in [2.05, 4.69) is 5.32 Å². The van der Waals surface area contributed by atoms with Crippen LogP contribution in [0.5, 0.6) is 0 Å². The number of carbonyl (C=O) groups is 1. The average Bonchev–Trinajstić information content (AvgIpc) is 1.82. The normalized spacial score (nSPS) is 11.9. The fourth-order valence-electron chi connectivity index (χ4n) is 0.765. The first-order valence-corrected chi connectivity index (χ1v) is 3.39. The molecule has 0 amide bonds. The molecule has 0 aromatic rings. The second-order valence-corrected chi connectivity index (χ2v) is 2.03. The van der Waals surface area contributed by atoms with E-state index in [4.69, 9.17) is 0 Å². The number of hydrogen-bond acceptors (Lipinski definition) is 1. The van der Waals surface area contributed by atoms with Crippen molar-refractivity contribution in [2.45, 2.75) is 33.2 Å². The summed E-state index contributed by atoms with van der Waals surface area (Å²) >= 11 is 0. The first kappa shape index (κ1) is 13.8. The maximum absolute atomic E-state index is 10.7. The van der Waals surface area contributed by atoms with E-state index in [0.29, 0.717) is 0 Å². The molecule has 0 spiro atoms. The predicted octanol–water partition coefficient (Wildman–Crippen LogP) is -1.25. The molecule has 0 N–H and O–H groups in total. The number of carbonyl (C=O) groups excluding carboxylic acids is 1. The molecule has 2 nitrogen and oxygen atoms in total. The van der Waals surface area contributed by atoms with Gasteiger partial charge in [-0.3, -0.25) is 0 Å². The Bertz CT molecular complexity index is 95.6. The molecule has 10 heavy (non-hydrogen) atoms. The summed E-state index contributed by atoms with van der Waals surface area (Å²) in [6, 6.07) is -0.0463. The predicted molar refractivity (Wildman–Crippen MR) is 38.7 cm³/mol. The van der Waals surface area contributed by atoms with Crippen LogP contribution in [0, 0.1) is 0 Å². The van der Waals surface area contributed by atoms with Gasteiger partial charge in [0.2, 0.25) is 0 Å². The van der Waals surface area contributed by atoms with Gasteiger partial charge in [-0.05, 0) is 6.92 Å². The maximum atomic E-state index is 10.7. The molecule has 54 valence electrons. The number of rotatable bonds is 4. The van der Waals surface area contributed by atoms with Crippen LogP contribution in [0.15, 0.2) is 0 Å². The third-order valence-corrected chi connectivity index (χ3v) is 1.26. The van der Waals surface area contributed by atoms with Gasteiger partial charge < -0.3 is 10.1 Å². The van der Waals surface area contributed by atoms with Gasteiger partial charge in [0.1, 0.15) is 5.78 Å². The molecule has 1 unspecified atom stereocenters. The van der Waals surface area contributed by atoms with Crippen molar-refractivity contribution in [2.24, 2.45) is 0 Å². The fraction of sp³-hybridized carbons (Fsp3) is 0.857. The summed E-state index contributed by atoms with van der Waals surface area (Å²) in [5.74, 6) is 0.180. The summed E-state index contributed by atoms with van der Waals surface area (Å²) < 4.78 is 0. The first-order chi connectivity index (χ1) is 4.22. The molecule has 0 radical (unpaired) electrons. The molecule has 3 heteroatoms. The Kier molecular flexibility index (Phi) is 11.6. The van der Waals surface area contributed by atoms with Gasteiger partial charge >= 0.3 is 51.4 Å². The van der Waals surface area contributed by atoms with E-state index in [1.807, 2.05) is 13.8 Å². The Balaban J connectivity index is 0. The molecule has 0 heterocycles. The van der Waals surface area contributed by atoms with E-state index < -0.39 is 0 Å². The van der Waals surface area contributed by atoms with Crippen molar-refractivity contribution in [3.8, 4) is 0 Å². The van der Waals surface area contributed by atoms with Crippen LogP contribution >= 0.6 is 0 Å². The van der Waals surface area contributed by atoms with E-state index in [1.165, 1.54) is 0 Å². The minimum atomic E-state index is -0.0463. The van der Waals surface area contributed by atoms with Crippen molar-refractivity contribution in [3.63, 3.8) is 0 Å². The van der Waals surface area contributed by atoms with E-state index in [9.17, 15) is 4.79 Å². The Morgan fingerprint density at radius 3 is 2.10 bits per heavy atom. The zero-order valence-electron chi connectivity index (χ0n) is 7.35. The van der Waals surface area contributed by atoms with E-state index in [-0.39, 0.29) is 63.2 Å². The molecule has 1 atom stereocenters. The SMILES string of the molecule is CC[N-]C(CC)C(C)=O.[K+]. The molecule has 0 fully saturated rings. The summed E-state index contributed by atoms with van der Waals surface area (Å²) in [6.07, 6.45) is 0.836. The molecular weight excluding hydrogens is 153 g/mol. The van der Waals surface area contributed by atoms with Gasteiger partial charge in [-0.1, -0.05) is 26.3 Å². The zero-order chi connectivity index (χ0) is 7.28. The monoisotopic (exact) mass is 167 g/mol. The largest absolute Gasteiger partial charge is 1.00 e. The summed E-state index contributed by atoms with van der Waals surface area (Å²) in [5, 5.41) is 4.09. The van der Waals surface area contributed by atoms with Crippen LogP contribution < -0.4 is 51.4 Å². The Morgan fingerprint density at radius 1 is 1.50 bits per heavy atom. The van der Waals surface area contributed by atoms with Crippen molar-refractivity contribution in [2.75, 3.05) is 6.54 Å². The van der Waals surface area contributed by atoms with E-state index >= 15 is 0 Å². The molecule has 0 saturated heterocycles. The summed E-state index contributed by atoms with van der Waals surface area (Å²) in [6.45, 7) is 6.27. The van der Waals surface area contributed by atoms with Gasteiger partial charge in [0.25, 0.3) is 0 Å². The molecule has 0 saturated carbocycles. The molecule has 0 aliphatic carbocycles. The van der Waals surface area contributed by atoms with Crippen LogP contribution in [0.4, 0.5) is 0 Å². The first-order valence-electron chi connectivity index (χ1n) is 3.39. The molecule has 0 aliphatic heterocycles. The molecule has 0 aliphatic rings. The van der Waals surface area contributed by atoms with E-state index in [1.54, 1.807) is 6.92 Å². The fourth-order valence-corrected chi connectivity index (χ4v) is 0.765. The van der Waals surface area contributed by atoms with Gasteiger partial charge in [-0.25, -0.2) is 0 Å². The Labute approximate surface area is 106 Å². The van der Waals surface area contributed by atoms with Crippen LogP contribution in [-0.2, 0) is 4.79 Å². The van der Waals surface area contributed by atoms with Crippen LogP contribution in [0.2, 0.25) is 0 Å². The van der Waals surface area contributed by atoms with Crippen molar-refractivity contribution >= 4 is 5.78 Å². The number of hydrogen-bond donors (Lipinski definition) is 0. The van der Waals surface area contributed by atoms with Gasteiger partial charge in [0.05, 0.1) is 0 Å². The van der Waals surface area contributed by atoms with Gasteiger partial charge in [-0.15, -0.1) is 0 Å². The maximum Gasteiger partial charge on any atom is 1.00 e. The summed E-state index contributed by atoms with van der Waals surface area (Å²) in [7, 11) is 0. The number of ketones is 1. The number of Topliss-reactive ketones (excluding diaryl/α,β-unsaturated/α-hetero) is 1. The van der Waals surface area contributed by atoms with Gasteiger partial charge in [0.15, 0.2) is 0 Å². The minimum Gasteiger partial charge on any atom is -0.654 e. The van der Waals surface area contributed by atoms with Crippen molar-refractivity contribution in [3.05, 3.63) is 5.32 Å². The molecule has 0 aromatic carbocycles. The average molecular weight is 167 g/mol. The summed E-state index contributed by atoms with van der Waals surface area (Å²) in [5.41, 5.74) is 0. The van der Waals surface area contributed by atoms with E-state index in [0.717, 1.165) is 13.0 Å². The van der Waals surface area contributed by atoms with Gasteiger partial charge in [0, 0.05) is 0 Å². The molecular formula is C7H14KNO. The molecule has 0 bridgehead atoms. The van der Waals surface area contributed by atoms with Crippen molar-refractivity contribution in [1.29, 1.82) is 0 Å². The third-order valence-electron chi connectivity index (χ3n) is 1.26. The number of nitrogens with zero attached hydrogens (tertiary/aromatic N) is 1. The topological polar surface area (TPSA) is 31.2 Å². The standard InChI is InChI=1S/C7H14NO.K/c1-4-7(6(3)9)8-5-2;/h7H,4-5H2,1-3H3;/q-1;+1.